The van der Waals surface area contributed by atoms with Crippen LogP contribution in [0.15, 0.2) is 54.6 Å². The van der Waals surface area contributed by atoms with Crippen LogP contribution in [0.3, 0.4) is 0 Å². The summed E-state index contributed by atoms with van der Waals surface area (Å²) in [5, 5.41) is 9.95. The van der Waals surface area contributed by atoms with Crippen LogP contribution in [0.25, 0.3) is 0 Å². The van der Waals surface area contributed by atoms with E-state index in [1.54, 1.807) is 17.0 Å². The monoisotopic (exact) mass is 343 g/mol. The normalized spacial score (nSPS) is 20.0. The third-order valence-electron chi connectivity index (χ3n) is 4.46. The van der Waals surface area contributed by atoms with Gasteiger partial charge < -0.3 is 14.7 Å². The topological polar surface area (TPSA) is 49.8 Å². The van der Waals surface area contributed by atoms with Crippen molar-refractivity contribution in [3.8, 4) is 0 Å². The highest BCUT2D eigenvalue weighted by atomic mass is 19.1. The van der Waals surface area contributed by atoms with Crippen molar-refractivity contribution in [2.75, 3.05) is 19.8 Å². The van der Waals surface area contributed by atoms with Gasteiger partial charge in [-0.2, -0.15) is 0 Å². The first-order chi connectivity index (χ1) is 12.1. The second kappa shape index (κ2) is 8.23. The molecule has 0 spiro atoms. The van der Waals surface area contributed by atoms with E-state index in [0.717, 1.165) is 17.5 Å². The molecule has 4 nitrogen and oxygen atoms in total. The Bertz CT molecular complexity index is 690. The molecule has 0 unspecified atom stereocenters. The molecule has 1 aliphatic heterocycles. The zero-order chi connectivity index (χ0) is 17.6. The zero-order valence-corrected chi connectivity index (χ0v) is 14.0. The van der Waals surface area contributed by atoms with Crippen molar-refractivity contribution in [1.82, 2.24) is 4.90 Å². The van der Waals surface area contributed by atoms with Gasteiger partial charge in [-0.15, -0.1) is 0 Å². The lowest BCUT2D eigenvalue weighted by molar-refractivity contribution is -0.137. The predicted octanol–water partition coefficient (Wildman–Crippen LogP) is 2.72. The first-order valence-corrected chi connectivity index (χ1v) is 8.48. The van der Waals surface area contributed by atoms with Crippen molar-refractivity contribution in [3.05, 3.63) is 71.5 Å². The van der Waals surface area contributed by atoms with Crippen molar-refractivity contribution >= 4 is 5.91 Å². The van der Waals surface area contributed by atoms with Crippen LogP contribution in [0, 0.1) is 5.82 Å². The molecular weight excluding hydrogens is 321 g/mol. The molecule has 3 rings (SSSR count). The number of aliphatic hydroxyl groups excluding tert-OH is 1. The van der Waals surface area contributed by atoms with Crippen LogP contribution in [-0.2, 0) is 16.0 Å². The van der Waals surface area contributed by atoms with E-state index in [-0.39, 0.29) is 30.9 Å². The fourth-order valence-corrected chi connectivity index (χ4v) is 3.17. The largest absolute Gasteiger partial charge is 0.391 e. The van der Waals surface area contributed by atoms with Crippen molar-refractivity contribution in [3.63, 3.8) is 0 Å². The maximum Gasteiger partial charge on any atom is 0.249 e. The molecule has 1 N–H and O–H groups in total. The Kier molecular flexibility index (Phi) is 5.79. The van der Waals surface area contributed by atoms with E-state index in [2.05, 4.69) is 0 Å². The zero-order valence-electron chi connectivity index (χ0n) is 14.0. The lowest BCUT2D eigenvalue weighted by Gasteiger charge is -2.24. The van der Waals surface area contributed by atoms with Crippen LogP contribution in [0.5, 0.6) is 0 Å². The van der Waals surface area contributed by atoms with E-state index in [0.29, 0.717) is 13.0 Å². The van der Waals surface area contributed by atoms with Crippen molar-refractivity contribution in [1.29, 1.82) is 0 Å². The summed E-state index contributed by atoms with van der Waals surface area (Å²) < 4.78 is 18.6. The van der Waals surface area contributed by atoms with Gasteiger partial charge in [-0.1, -0.05) is 42.5 Å². The molecule has 5 heteroatoms. The van der Waals surface area contributed by atoms with Gasteiger partial charge >= 0.3 is 0 Å². The Labute approximate surface area is 146 Å². The number of likely N-dealkylation sites (tertiary alicyclic amines) is 1. The second-order valence-electron chi connectivity index (χ2n) is 6.29. The number of carbonyl (C=O) groups is 1. The van der Waals surface area contributed by atoms with Crippen LogP contribution in [-0.4, -0.2) is 41.8 Å². The van der Waals surface area contributed by atoms with Crippen LogP contribution in [0.1, 0.15) is 23.6 Å². The van der Waals surface area contributed by atoms with Crippen LogP contribution in [0.4, 0.5) is 4.39 Å². The van der Waals surface area contributed by atoms with Crippen molar-refractivity contribution in [2.24, 2.45) is 0 Å². The van der Waals surface area contributed by atoms with E-state index in [1.165, 1.54) is 12.1 Å². The summed E-state index contributed by atoms with van der Waals surface area (Å²) >= 11 is 0. The van der Waals surface area contributed by atoms with E-state index < -0.39 is 6.10 Å². The minimum atomic E-state index is -0.566. The number of amides is 1. The molecule has 2 atom stereocenters. The SMILES string of the molecule is O=C(COCCc1ccccc1)N1C[C@@H](O)C[C@H]1c1ccc(F)cc1. The molecule has 2 aromatic rings. The summed E-state index contributed by atoms with van der Waals surface area (Å²) in [7, 11) is 0. The van der Waals surface area contributed by atoms with Crippen molar-refractivity contribution < 1.29 is 19.0 Å². The Morgan fingerprint density at radius 2 is 1.88 bits per heavy atom. The summed E-state index contributed by atoms with van der Waals surface area (Å²) in [6.07, 6.45) is 0.641. The second-order valence-corrected chi connectivity index (χ2v) is 6.29. The van der Waals surface area contributed by atoms with Gasteiger partial charge in [0.05, 0.1) is 18.8 Å². The lowest BCUT2D eigenvalue weighted by Crippen LogP contribution is -2.34. The quantitative estimate of drug-likeness (QED) is 0.821. The summed E-state index contributed by atoms with van der Waals surface area (Å²) in [6, 6.07) is 15.8. The standard InChI is InChI=1S/C20H22FNO3/c21-17-8-6-16(7-9-17)19-12-18(23)13-22(19)20(24)14-25-11-10-15-4-2-1-3-5-15/h1-9,18-19,23H,10-14H2/t18-,19-/m0/s1. The highest BCUT2D eigenvalue weighted by molar-refractivity contribution is 5.78. The number of benzene rings is 2. The number of halogens is 1. The third-order valence-corrected chi connectivity index (χ3v) is 4.46. The first-order valence-electron chi connectivity index (χ1n) is 8.48. The maximum atomic E-state index is 13.1. The van der Waals surface area contributed by atoms with Gasteiger partial charge in [0, 0.05) is 6.54 Å². The smallest absolute Gasteiger partial charge is 0.249 e. The number of hydrogen-bond donors (Lipinski definition) is 1. The maximum absolute atomic E-state index is 13.1. The molecule has 1 heterocycles. The minimum Gasteiger partial charge on any atom is -0.391 e. The third kappa shape index (κ3) is 4.65. The van der Waals surface area contributed by atoms with Gasteiger partial charge in [-0.3, -0.25) is 4.79 Å². The molecule has 1 fully saturated rings. The number of carbonyl (C=O) groups excluding carboxylic acids is 1. The minimum absolute atomic E-state index is 0.0166. The number of rotatable bonds is 6. The average Bonchev–Trinajstić information content (AvgIpc) is 3.02. The molecule has 1 aliphatic rings. The predicted molar refractivity (Wildman–Crippen MR) is 92.4 cm³/mol. The molecule has 0 radical (unpaired) electrons. The average molecular weight is 343 g/mol. The number of β-amino-alcohol motifs (C(OH)–C–C–N with tert-alkyl or cyclic N) is 1. The van der Waals surface area contributed by atoms with Gasteiger partial charge in [-0.25, -0.2) is 4.39 Å². The van der Waals surface area contributed by atoms with Crippen LogP contribution < -0.4 is 0 Å². The van der Waals surface area contributed by atoms with Gasteiger partial charge in [0.1, 0.15) is 12.4 Å². The van der Waals surface area contributed by atoms with Crippen molar-refractivity contribution in [2.45, 2.75) is 25.0 Å². The number of ether oxygens (including phenoxy) is 1. The van der Waals surface area contributed by atoms with E-state index in [1.807, 2.05) is 30.3 Å². The van der Waals surface area contributed by atoms with Crippen LogP contribution in [0.2, 0.25) is 0 Å². The Balaban J connectivity index is 1.53. The van der Waals surface area contributed by atoms with Gasteiger partial charge in [0.2, 0.25) is 5.91 Å². The molecule has 1 amide bonds. The Morgan fingerprint density at radius 1 is 1.16 bits per heavy atom. The van der Waals surface area contributed by atoms with E-state index in [4.69, 9.17) is 4.74 Å². The van der Waals surface area contributed by atoms with Gasteiger partial charge in [-0.05, 0) is 36.1 Å². The summed E-state index contributed by atoms with van der Waals surface area (Å²) in [4.78, 5) is 14.1. The molecular formula is C20H22FNO3. The number of hydrogen-bond acceptors (Lipinski definition) is 3. The molecule has 0 aromatic heterocycles. The Morgan fingerprint density at radius 3 is 2.60 bits per heavy atom. The summed E-state index contributed by atoms with van der Waals surface area (Å²) in [6.45, 7) is 0.730. The molecule has 2 aromatic carbocycles. The molecule has 0 bridgehead atoms. The highest BCUT2D eigenvalue weighted by Gasteiger charge is 2.35. The van der Waals surface area contributed by atoms with Gasteiger partial charge in [0.25, 0.3) is 0 Å². The van der Waals surface area contributed by atoms with E-state index in [9.17, 15) is 14.3 Å². The Hall–Kier alpha value is -2.24. The summed E-state index contributed by atoms with van der Waals surface area (Å²) in [5.74, 6) is -0.469. The fraction of sp³-hybridized carbons (Fsp3) is 0.350. The summed E-state index contributed by atoms with van der Waals surface area (Å²) in [5.41, 5.74) is 1.99. The fourth-order valence-electron chi connectivity index (χ4n) is 3.17. The first kappa shape index (κ1) is 17.6. The lowest BCUT2D eigenvalue weighted by atomic mass is 10.0. The van der Waals surface area contributed by atoms with E-state index >= 15 is 0 Å². The number of nitrogens with zero attached hydrogens (tertiary/aromatic N) is 1. The van der Waals surface area contributed by atoms with Gasteiger partial charge in [0.15, 0.2) is 0 Å². The molecule has 0 aliphatic carbocycles. The molecule has 132 valence electrons. The van der Waals surface area contributed by atoms with Crippen LogP contribution >= 0.6 is 0 Å². The highest BCUT2D eigenvalue weighted by Crippen LogP contribution is 2.32. The molecule has 0 saturated carbocycles. The molecule has 25 heavy (non-hydrogen) atoms. The molecule has 1 saturated heterocycles. The number of aliphatic hydroxyl groups is 1.